The quantitative estimate of drug-likeness (QED) is 0.746. The number of rotatable bonds is 2. The van der Waals surface area contributed by atoms with Crippen molar-refractivity contribution in [3.05, 3.63) is 35.2 Å². The smallest absolute Gasteiger partial charge is 0.183 e. The molecule has 3 aromatic rings. The summed E-state index contributed by atoms with van der Waals surface area (Å²) >= 11 is 1.62. The van der Waals surface area contributed by atoms with Gasteiger partial charge in [0.15, 0.2) is 16.6 Å². The Morgan fingerprint density at radius 1 is 1.13 bits per heavy atom. The van der Waals surface area contributed by atoms with Crippen LogP contribution in [0.3, 0.4) is 0 Å². The molecule has 23 heavy (non-hydrogen) atoms. The molecule has 0 aliphatic heterocycles. The minimum absolute atomic E-state index is 0.435. The summed E-state index contributed by atoms with van der Waals surface area (Å²) in [6, 6.07) is 4.60. The first kappa shape index (κ1) is 15.8. The number of aromatic amines is 1. The van der Waals surface area contributed by atoms with Gasteiger partial charge in [0.1, 0.15) is 11.8 Å². The number of aryl methyl sites for hydroxylation is 3. The zero-order valence-corrected chi connectivity index (χ0v) is 14.5. The minimum atomic E-state index is 0.435. The molecule has 2 aromatic heterocycles. The van der Waals surface area contributed by atoms with Gasteiger partial charge in [-0.15, -0.1) is 0 Å². The van der Waals surface area contributed by atoms with Crippen molar-refractivity contribution in [2.75, 3.05) is 5.73 Å². The molecule has 6 heteroatoms. The van der Waals surface area contributed by atoms with Crippen molar-refractivity contribution in [2.24, 2.45) is 0 Å². The summed E-state index contributed by atoms with van der Waals surface area (Å²) in [5.74, 6) is 0.435. The fourth-order valence-corrected chi connectivity index (χ4v) is 3.73. The minimum Gasteiger partial charge on any atom is -0.382 e. The van der Waals surface area contributed by atoms with Gasteiger partial charge >= 0.3 is 0 Å². The number of hydrogen-bond donors (Lipinski definition) is 2. The molecule has 0 bridgehead atoms. The molecule has 120 valence electrons. The molecule has 0 spiro atoms. The van der Waals surface area contributed by atoms with E-state index in [1.807, 2.05) is 13.8 Å². The molecular weight excluding hydrogens is 306 g/mol. The van der Waals surface area contributed by atoms with Crippen LogP contribution in [0.2, 0.25) is 0 Å². The molecule has 1 aliphatic rings. The molecule has 0 saturated heterocycles. The average Bonchev–Trinajstić information content (AvgIpc) is 3.16. The zero-order chi connectivity index (χ0) is 16.4. The normalized spacial score (nSPS) is 12.8. The number of nitrogens with two attached hydrogens (primary N) is 1. The van der Waals surface area contributed by atoms with Gasteiger partial charge in [-0.3, -0.25) is 0 Å². The molecule has 1 aliphatic carbocycles. The number of H-pyrrole nitrogens is 1. The number of fused-ring (bicyclic) bond motifs is 2. The number of anilines is 1. The van der Waals surface area contributed by atoms with Crippen molar-refractivity contribution < 1.29 is 0 Å². The van der Waals surface area contributed by atoms with Crippen LogP contribution in [0.25, 0.3) is 11.2 Å². The molecule has 2 heterocycles. The largest absolute Gasteiger partial charge is 0.382 e. The molecule has 5 nitrogen and oxygen atoms in total. The van der Waals surface area contributed by atoms with Gasteiger partial charge in [-0.25, -0.2) is 15.0 Å². The van der Waals surface area contributed by atoms with E-state index in [0.29, 0.717) is 17.0 Å². The average molecular weight is 327 g/mol. The van der Waals surface area contributed by atoms with E-state index >= 15 is 0 Å². The maximum atomic E-state index is 5.83. The van der Waals surface area contributed by atoms with Gasteiger partial charge in [0.25, 0.3) is 0 Å². The van der Waals surface area contributed by atoms with E-state index in [-0.39, 0.29) is 0 Å². The number of benzene rings is 1. The van der Waals surface area contributed by atoms with E-state index in [4.69, 9.17) is 5.73 Å². The first-order valence-corrected chi connectivity index (χ1v) is 8.79. The number of nitrogens with one attached hydrogen (secondary N) is 1. The molecule has 0 saturated carbocycles. The van der Waals surface area contributed by atoms with Crippen molar-refractivity contribution in [1.29, 1.82) is 0 Å². The Balaban J connectivity index is 0.000000753. The molecule has 1 aromatic carbocycles. The van der Waals surface area contributed by atoms with Gasteiger partial charge in [0.2, 0.25) is 0 Å². The Labute approximate surface area is 140 Å². The van der Waals surface area contributed by atoms with Crippen LogP contribution in [-0.2, 0) is 12.8 Å². The fourth-order valence-electron chi connectivity index (χ4n) is 2.81. The van der Waals surface area contributed by atoms with Gasteiger partial charge in [0, 0.05) is 4.90 Å². The lowest BCUT2D eigenvalue weighted by Gasteiger charge is -2.07. The Kier molecular flexibility index (Phi) is 4.52. The first-order chi connectivity index (χ1) is 11.2. The van der Waals surface area contributed by atoms with Crippen LogP contribution in [0.4, 0.5) is 5.82 Å². The third-order valence-electron chi connectivity index (χ3n) is 3.89. The number of nitrogen functional groups attached to an aromatic ring is 1. The van der Waals surface area contributed by atoms with Gasteiger partial charge in [-0.2, -0.15) is 0 Å². The molecule has 0 fully saturated rings. The van der Waals surface area contributed by atoms with Gasteiger partial charge < -0.3 is 10.7 Å². The predicted molar refractivity (Wildman–Crippen MR) is 94.8 cm³/mol. The van der Waals surface area contributed by atoms with Crippen LogP contribution in [0.1, 0.15) is 37.0 Å². The topological polar surface area (TPSA) is 80.5 Å². The summed E-state index contributed by atoms with van der Waals surface area (Å²) in [5.41, 5.74) is 11.4. The van der Waals surface area contributed by atoms with Gasteiger partial charge in [0.05, 0.1) is 0 Å². The molecule has 0 unspecified atom stereocenters. The lowest BCUT2D eigenvalue weighted by atomic mass is 10.1. The fraction of sp³-hybridized carbons (Fsp3) is 0.353. The Hall–Kier alpha value is -2.08. The Bertz CT molecular complexity index is 840. The molecule has 0 radical (unpaired) electrons. The number of hydrogen-bond acceptors (Lipinski definition) is 5. The van der Waals surface area contributed by atoms with Crippen molar-refractivity contribution in [1.82, 2.24) is 19.9 Å². The highest BCUT2D eigenvalue weighted by molar-refractivity contribution is 7.99. The van der Waals surface area contributed by atoms with Crippen LogP contribution in [-0.4, -0.2) is 19.9 Å². The summed E-state index contributed by atoms with van der Waals surface area (Å²) in [6.07, 6.45) is 5.09. The highest BCUT2D eigenvalue weighted by atomic mass is 32.2. The second kappa shape index (κ2) is 6.58. The van der Waals surface area contributed by atoms with E-state index in [0.717, 1.165) is 5.16 Å². The molecule has 3 N–H and O–H groups in total. The van der Waals surface area contributed by atoms with Gasteiger partial charge in [-0.1, -0.05) is 31.7 Å². The third-order valence-corrected chi connectivity index (χ3v) is 4.94. The molecule has 4 rings (SSSR count). The summed E-state index contributed by atoms with van der Waals surface area (Å²) in [4.78, 5) is 17.0. The van der Waals surface area contributed by atoms with Crippen LogP contribution in [0.5, 0.6) is 0 Å². The van der Waals surface area contributed by atoms with Crippen molar-refractivity contribution in [3.8, 4) is 0 Å². The lowest BCUT2D eigenvalue weighted by molar-refractivity contribution is 0.911. The maximum absolute atomic E-state index is 5.83. The van der Waals surface area contributed by atoms with E-state index in [1.54, 1.807) is 11.8 Å². The SMILES string of the molecule is CC.Cc1cc2c(cc1Sc1nc3ncnc(N)c3[nH]1)CCC2. The van der Waals surface area contributed by atoms with Crippen LogP contribution in [0.15, 0.2) is 28.5 Å². The second-order valence-corrected chi connectivity index (χ2v) is 6.37. The van der Waals surface area contributed by atoms with Crippen molar-refractivity contribution in [2.45, 2.75) is 50.1 Å². The van der Waals surface area contributed by atoms with Crippen molar-refractivity contribution >= 4 is 28.7 Å². The van der Waals surface area contributed by atoms with E-state index in [2.05, 4.69) is 39.0 Å². The Morgan fingerprint density at radius 2 is 1.87 bits per heavy atom. The second-order valence-electron chi connectivity index (χ2n) is 5.34. The first-order valence-electron chi connectivity index (χ1n) is 7.97. The van der Waals surface area contributed by atoms with Crippen LogP contribution < -0.4 is 5.73 Å². The maximum Gasteiger partial charge on any atom is 0.183 e. The standard InChI is InChI=1S/C15H15N5S.C2H6/c1-8-5-9-3-2-4-10(9)6-11(8)21-15-19-12-13(16)17-7-18-14(12)20-15;1-2/h5-7H,2-4H2,1H3,(H3,16,17,18,19,20);1-2H3. The van der Waals surface area contributed by atoms with Crippen molar-refractivity contribution in [3.63, 3.8) is 0 Å². The van der Waals surface area contributed by atoms with E-state index in [1.165, 1.54) is 47.2 Å². The predicted octanol–water partition coefficient (Wildman–Crippen LogP) is 3.91. The molecule has 0 atom stereocenters. The lowest BCUT2D eigenvalue weighted by Crippen LogP contribution is -1.91. The van der Waals surface area contributed by atoms with Gasteiger partial charge in [-0.05, 0) is 48.9 Å². The third kappa shape index (κ3) is 3.03. The number of imidazole rings is 1. The number of nitrogens with zero attached hydrogens (tertiary/aromatic N) is 3. The van der Waals surface area contributed by atoms with E-state index in [9.17, 15) is 0 Å². The van der Waals surface area contributed by atoms with Crippen LogP contribution >= 0.6 is 11.8 Å². The highest BCUT2D eigenvalue weighted by Gasteiger charge is 2.15. The van der Waals surface area contributed by atoms with E-state index < -0.39 is 0 Å². The monoisotopic (exact) mass is 327 g/mol. The Morgan fingerprint density at radius 3 is 2.61 bits per heavy atom. The summed E-state index contributed by atoms with van der Waals surface area (Å²) < 4.78 is 0. The summed E-state index contributed by atoms with van der Waals surface area (Å²) in [6.45, 7) is 6.15. The highest BCUT2D eigenvalue weighted by Crippen LogP contribution is 2.34. The summed E-state index contributed by atoms with van der Waals surface area (Å²) in [5, 5.41) is 0.804. The molecular formula is C17H21N5S. The number of aromatic nitrogens is 4. The zero-order valence-electron chi connectivity index (χ0n) is 13.7. The van der Waals surface area contributed by atoms with Crippen LogP contribution in [0, 0.1) is 6.92 Å². The molecule has 0 amide bonds. The summed E-state index contributed by atoms with van der Waals surface area (Å²) in [7, 11) is 0.